The fraction of sp³-hybridized carbons (Fsp3) is 0.476. The standard InChI is InChI=1S/C21H24BNO4S/c1-25-19-3-2-17(18-9-21(27-20(18)19)4-6-28-7-5-21)15-8-14(11-23-12-15)16-10-22(24)26-13-16/h2-3,8,11-12,16,24H,4-7,9-10,13H2,1H3. The molecule has 28 heavy (non-hydrogen) atoms. The highest BCUT2D eigenvalue weighted by Gasteiger charge is 2.43. The van der Waals surface area contributed by atoms with Crippen LogP contribution in [-0.2, 0) is 11.1 Å². The zero-order chi connectivity index (χ0) is 19.1. The maximum Gasteiger partial charge on any atom is 0.454 e. The lowest BCUT2D eigenvalue weighted by atomic mass is 9.79. The maximum atomic E-state index is 9.70. The van der Waals surface area contributed by atoms with Gasteiger partial charge in [-0.05, 0) is 53.9 Å². The van der Waals surface area contributed by atoms with Gasteiger partial charge in [-0.15, -0.1) is 0 Å². The minimum absolute atomic E-state index is 0.0919. The molecule has 3 aliphatic heterocycles. The lowest BCUT2D eigenvalue weighted by Gasteiger charge is -2.32. The zero-order valence-corrected chi connectivity index (χ0v) is 16.8. The molecule has 146 valence electrons. The number of ether oxygens (including phenoxy) is 2. The van der Waals surface area contributed by atoms with E-state index in [2.05, 4.69) is 17.1 Å². The van der Waals surface area contributed by atoms with Gasteiger partial charge in [0.25, 0.3) is 0 Å². The number of benzene rings is 1. The van der Waals surface area contributed by atoms with Gasteiger partial charge in [0.1, 0.15) is 5.60 Å². The Morgan fingerprint density at radius 2 is 2.14 bits per heavy atom. The first-order valence-corrected chi connectivity index (χ1v) is 11.0. The third-order valence-electron chi connectivity index (χ3n) is 6.18. The molecule has 1 N–H and O–H groups in total. The Bertz CT molecular complexity index is 887. The van der Waals surface area contributed by atoms with Crippen molar-refractivity contribution < 1.29 is 19.2 Å². The fourth-order valence-electron chi connectivity index (χ4n) is 4.59. The van der Waals surface area contributed by atoms with Gasteiger partial charge in [0.15, 0.2) is 11.5 Å². The largest absolute Gasteiger partial charge is 0.493 e. The third kappa shape index (κ3) is 3.19. The van der Waals surface area contributed by atoms with E-state index in [0.29, 0.717) is 12.9 Å². The van der Waals surface area contributed by atoms with E-state index < -0.39 is 7.12 Å². The number of methoxy groups -OCH3 is 1. The van der Waals surface area contributed by atoms with E-state index in [1.54, 1.807) is 7.11 Å². The van der Waals surface area contributed by atoms with Crippen molar-refractivity contribution in [2.45, 2.75) is 37.1 Å². The molecule has 3 aliphatic rings. The van der Waals surface area contributed by atoms with Crippen molar-refractivity contribution in [2.24, 2.45) is 0 Å². The van der Waals surface area contributed by atoms with Crippen LogP contribution in [-0.4, -0.2) is 47.9 Å². The summed E-state index contributed by atoms with van der Waals surface area (Å²) < 4.78 is 17.5. The molecule has 2 aromatic rings. The molecule has 4 heterocycles. The van der Waals surface area contributed by atoms with Crippen LogP contribution in [0.5, 0.6) is 11.5 Å². The Morgan fingerprint density at radius 3 is 2.89 bits per heavy atom. The Labute approximate surface area is 169 Å². The molecular weight excluding hydrogens is 373 g/mol. The molecular formula is C21H24BNO4S. The number of nitrogens with zero attached hydrogens (tertiary/aromatic N) is 1. The zero-order valence-electron chi connectivity index (χ0n) is 16.0. The molecule has 0 bridgehead atoms. The Kier molecular flexibility index (Phi) is 4.77. The summed E-state index contributed by atoms with van der Waals surface area (Å²) in [6, 6.07) is 6.31. The summed E-state index contributed by atoms with van der Waals surface area (Å²) in [5.74, 6) is 4.19. The third-order valence-corrected chi connectivity index (χ3v) is 7.17. The summed E-state index contributed by atoms with van der Waals surface area (Å²) in [6.45, 7) is 0.539. The van der Waals surface area contributed by atoms with E-state index in [0.717, 1.165) is 53.4 Å². The summed E-state index contributed by atoms with van der Waals surface area (Å²) in [5.41, 5.74) is 4.50. The minimum Gasteiger partial charge on any atom is -0.493 e. The predicted octanol–water partition coefficient (Wildman–Crippen LogP) is 3.55. The molecule has 2 fully saturated rings. The lowest BCUT2D eigenvalue weighted by molar-refractivity contribution is 0.0825. The number of fused-ring (bicyclic) bond motifs is 1. The van der Waals surface area contributed by atoms with E-state index in [1.165, 1.54) is 11.1 Å². The normalized spacial score (nSPS) is 22.9. The number of hydrogen-bond acceptors (Lipinski definition) is 6. The van der Waals surface area contributed by atoms with Crippen LogP contribution in [0.25, 0.3) is 11.1 Å². The molecule has 1 spiro atoms. The first-order chi connectivity index (χ1) is 13.7. The van der Waals surface area contributed by atoms with Crippen molar-refractivity contribution in [3.05, 3.63) is 41.7 Å². The van der Waals surface area contributed by atoms with Crippen molar-refractivity contribution in [1.82, 2.24) is 4.98 Å². The lowest BCUT2D eigenvalue weighted by Crippen LogP contribution is -2.38. The molecule has 2 saturated heterocycles. The van der Waals surface area contributed by atoms with Gasteiger partial charge in [0.2, 0.25) is 0 Å². The predicted molar refractivity (Wildman–Crippen MR) is 111 cm³/mol. The van der Waals surface area contributed by atoms with Crippen LogP contribution >= 0.6 is 11.8 Å². The molecule has 5 nitrogen and oxygen atoms in total. The number of rotatable bonds is 3. The van der Waals surface area contributed by atoms with Gasteiger partial charge in [-0.25, -0.2) is 0 Å². The number of aromatic nitrogens is 1. The summed E-state index contributed by atoms with van der Waals surface area (Å²) in [6.07, 6.45) is 7.49. The fourth-order valence-corrected chi connectivity index (χ4v) is 5.83. The molecule has 1 aromatic carbocycles. The second-order valence-corrected chi connectivity index (χ2v) is 9.15. The molecule has 0 amide bonds. The summed E-state index contributed by atoms with van der Waals surface area (Å²) in [7, 11) is 1.03. The van der Waals surface area contributed by atoms with Gasteiger partial charge in [-0.2, -0.15) is 11.8 Å². The Balaban J connectivity index is 1.53. The second-order valence-electron chi connectivity index (χ2n) is 7.92. The number of pyridine rings is 1. The molecule has 7 heteroatoms. The van der Waals surface area contributed by atoms with Gasteiger partial charge >= 0.3 is 7.12 Å². The quantitative estimate of drug-likeness (QED) is 0.800. The van der Waals surface area contributed by atoms with E-state index in [1.807, 2.05) is 30.2 Å². The van der Waals surface area contributed by atoms with Crippen LogP contribution in [0, 0.1) is 0 Å². The van der Waals surface area contributed by atoms with Crippen LogP contribution in [0.15, 0.2) is 30.6 Å². The van der Waals surface area contributed by atoms with Crippen molar-refractivity contribution >= 4 is 18.9 Å². The van der Waals surface area contributed by atoms with Crippen LogP contribution < -0.4 is 9.47 Å². The topological polar surface area (TPSA) is 60.8 Å². The first-order valence-electron chi connectivity index (χ1n) is 9.89. The molecule has 5 rings (SSSR count). The van der Waals surface area contributed by atoms with Gasteiger partial charge < -0.3 is 19.2 Å². The molecule has 0 radical (unpaired) electrons. The van der Waals surface area contributed by atoms with Crippen molar-refractivity contribution in [3.8, 4) is 22.6 Å². The molecule has 0 saturated carbocycles. The summed E-state index contributed by atoms with van der Waals surface area (Å²) >= 11 is 2.01. The number of thioether (sulfide) groups is 1. The van der Waals surface area contributed by atoms with Crippen LogP contribution in [0.2, 0.25) is 6.32 Å². The summed E-state index contributed by atoms with van der Waals surface area (Å²) in [5, 5.41) is 9.70. The smallest absolute Gasteiger partial charge is 0.454 e. The van der Waals surface area contributed by atoms with Gasteiger partial charge in [0.05, 0.1) is 7.11 Å². The SMILES string of the molecule is COc1ccc(-c2cncc(C3COB(O)C3)c2)c2c1OC1(CCSCC1)C2. The highest BCUT2D eigenvalue weighted by molar-refractivity contribution is 7.99. The monoisotopic (exact) mass is 397 g/mol. The van der Waals surface area contributed by atoms with Crippen LogP contribution in [0.3, 0.4) is 0 Å². The highest BCUT2D eigenvalue weighted by Crippen LogP contribution is 2.50. The van der Waals surface area contributed by atoms with Gasteiger partial charge in [-0.1, -0.05) is 6.07 Å². The van der Waals surface area contributed by atoms with E-state index in [4.69, 9.17) is 14.1 Å². The second kappa shape index (κ2) is 7.28. The first kappa shape index (κ1) is 18.3. The van der Waals surface area contributed by atoms with Gasteiger partial charge in [0, 0.05) is 42.5 Å². The van der Waals surface area contributed by atoms with E-state index in [9.17, 15) is 5.02 Å². The van der Waals surface area contributed by atoms with E-state index >= 15 is 0 Å². The van der Waals surface area contributed by atoms with Crippen molar-refractivity contribution in [2.75, 3.05) is 25.2 Å². The average Bonchev–Trinajstić information content (AvgIpc) is 3.31. The Morgan fingerprint density at radius 1 is 1.29 bits per heavy atom. The molecule has 0 aliphatic carbocycles. The van der Waals surface area contributed by atoms with Crippen LogP contribution in [0.4, 0.5) is 0 Å². The minimum atomic E-state index is -0.670. The maximum absolute atomic E-state index is 9.70. The van der Waals surface area contributed by atoms with Gasteiger partial charge in [-0.3, -0.25) is 4.98 Å². The van der Waals surface area contributed by atoms with Crippen molar-refractivity contribution in [3.63, 3.8) is 0 Å². The van der Waals surface area contributed by atoms with E-state index in [-0.39, 0.29) is 11.5 Å². The Hall–Kier alpha value is -1.70. The molecule has 1 unspecified atom stereocenters. The summed E-state index contributed by atoms with van der Waals surface area (Å²) in [4.78, 5) is 4.49. The average molecular weight is 397 g/mol. The number of hydrogen-bond donors (Lipinski definition) is 1. The highest BCUT2D eigenvalue weighted by atomic mass is 32.2. The van der Waals surface area contributed by atoms with Crippen molar-refractivity contribution in [1.29, 1.82) is 0 Å². The molecule has 1 atom stereocenters. The van der Waals surface area contributed by atoms with Crippen LogP contribution in [0.1, 0.15) is 29.9 Å². The molecule has 1 aromatic heterocycles.